The molecule has 0 bridgehead atoms. The first-order chi connectivity index (χ1) is 15.8. The van der Waals surface area contributed by atoms with Gasteiger partial charge in [0, 0.05) is 27.2 Å². The number of hydrazone groups is 1. The van der Waals surface area contributed by atoms with Gasteiger partial charge in [-0.3, -0.25) is 0 Å². The molecule has 0 saturated carbocycles. The van der Waals surface area contributed by atoms with Gasteiger partial charge in [0.2, 0.25) is 0 Å². The van der Waals surface area contributed by atoms with Gasteiger partial charge in [0.1, 0.15) is 5.82 Å². The van der Waals surface area contributed by atoms with Crippen LogP contribution in [0.3, 0.4) is 0 Å². The maximum atomic E-state index is 15.5. The van der Waals surface area contributed by atoms with Crippen LogP contribution in [-0.4, -0.2) is 17.3 Å². The highest BCUT2D eigenvalue weighted by Crippen LogP contribution is 2.39. The minimum Gasteiger partial charge on any atom is -0.478 e. The minimum atomic E-state index is -1.04. The first kappa shape index (κ1) is 24.2. The van der Waals surface area contributed by atoms with Crippen molar-refractivity contribution in [3.63, 3.8) is 0 Å². The highest BCUT2D eigenvalue weighted by atomic mass is 35.5. The summed E-state index contributed by atoms with van der Waals surface area (Å²) in [6, 6.07) is 17.4. The van der Waals surface area contributed by atoms with Crippen molar-refractivity contribution >= 4 is 52.6 Å². The molecule has 3 aromatic rings. The number of carboxylic acid groups (broad SMARTS) is 1. The van der Waals surface area contributed by atoms with Crippen LogP contribution in [-0.2, 0) is 4.79 Å². The highest BCUT2D eigenvalue weighted by molar-refractivity contribution is 6.36. The smallest absolute Gasteiger partial charge is 0.328 e. The van der Waals surface area contributed by atoms with Crippen molar-refractivity contribution in [2.45, 2.75) is 13.3 Å². The molecule has 168 valence electrons. The van der Waals surface area contributed by atoms with E-state index in [1.165, 1.54) is 12.3 Å². The quantitative estimate of drug-likeness (QED) is 0.126. The Hall–Kier alpha value is -3.41. The molecule has 3 rings (SSSR count). The Balaban J connectivity index is 2.31. The molecule has 3 N–H and O–H groups in total. The summed E-state index contributed by atoms with van der Waals surface area (Å²) in [6.07, 6.45) is 4.38. The topological polar surface area (TPSA) is 75.7 Å². The van der Waals surface area contributed by atoms with Gasteiger partial charge in [-0.15, -0.1) is 0 Å². The molecule has 0 saturated heterocycles. The third-order valence-corrected chi connectivity index (χ3v) is 5.59. The molecule has 7 heteroatoms. The molecule has 0 radical (unpaired) electrons. The average Bonchev–Trinajstić information content (AvgIpc) is 2.79. The van der Waals surface area contributed by atoms with Crippen LogP contribution in [0.2, 0.25) is 10.0 Å². The van der Waals surface area contributed by atoms with Gasteiger partial charge in [0.05, 0.1) is 6.21 Å². The van der Waals surface area contributed by atoms with E-state index in [2.05, 4.69) is 5.10 Å². The molecule has 0 amide bonds. The Morgan fingerprint density at radius 2 is 1.82 bits per heavy atom. The summed E-state index contributed by atoms with van der Waals surface area (Å²) < 4.78 is 15.5. The second kappa shape index (κ2) is 10.9. The van der Waals surface area contributed by atoms with E-state index >= 15 is 4.39 Å². The van der Waals surface area contributed by atoms with Crippen molar-refractivity contribution in [2.24, 2.45) is 10.9 Å². The maximum absolute atomic E-state index is 15.5. The average molecular weight is 483 g/mol. The number of nitrogens with zero attached hydrogens (tertiary/aromatic N) is 1. The zero-order valence-electron chi connectivity index (χ0n) is 17.7. The summed E-state index contributed by atoms with van der Waals surface area (Å²) in [5.41, 5.74) is 4.28. The Labute approximate surface area is 201 Å². The molecule has 0 atom stereocenters. The molecule has 0 spiro atoms. The van der Waals surface area contributed by atoms with E-state index in [0.717, 1.165) is 22.8 Å². The number of carbonyl (C=O) groups is 1. The van der Waals surface area contributed by atoms with Crippen molar-refractivity contribution in [2.75, 3.05) is 0 Å². The molecule has 0 heterocycles. The van der Waals surface area contributed by atoms with Gasteiger partial charge in [-0.2, -0.15) is 5.10 Å². The lowest BCUT2D eigenvalue weighted by Crippen LogP contribution is -2.01. The summed E-state index contributed by atoms with van der Waals surface area (Å²) in [4.78, 5) is 10.8. The number of carboxylic acids is 1. The normalized spacial score (nSPS) is 12.4. The Morgan fingerprint density at radius 3 is 2.42 bits per heavy atom. The van der Waals surface area contributed by atoms with Crippen LogP contribution in [0.5, 0.6) is 0 Å². The van der Waals surface area contributed by atoms with E-state index < -0.39 is 11.8 Å². The molecule has 33 heavy (non-hydrogen) atoms. The van der Waals surface area contributed by atoms with Crippen molar-refractivity contribution in [1.29, 1.82) is 0 Å². The summed E-state index contributed by atoms with van der Waals surface area (Å²) >= 11 is 12.6. The van der Waals surface area contributed by atoms with E-state index in [0.29, 0.717) is 33.2 Å². The number of allylic oxidation sites excluding steroid dienone is 1. The fourth-order valence-electron chi connectivity index (χ4n) is 3.58. The van der Waals surface area contributed by atoms with E-state index in [-0.39, 0.29) is 5.56 Å². The fourth-order valence-corrected chi connectivity index (χ4v) is 4.10. The Morgan fingerprint density at radius 1 is 1.09 bits per heavy atom. The number of rotatable bonds is 7. The maximum Gasteiger partial charge on any atom is 0.328 e. The zero-order chi connectivity index (χ0) is 24.0. The van der Waals surface area contributed by atoms with Crippen molar-refractivity contribution in [3.05, 3.63) is 110 Å². The van der Waals surface area contributed by atoms with Gasteiger partial charge in [-0.25, -0.2) is 9.18 Å². The van der Waals surface area contributed by atoms with Crippen LogP contribution in [0.25, 0.3) is 17.2 Å². The predicted octanol–water partition coefficient (Wildman–Crippen LogP) is 6.89. The lowest BCUT2D eigenvalue weighted by molar-refractivity contribution is -0.131. The first-order valence-electron chi connectivity index (χ1n) is 10.1. The molecule has 0 unspecified atom stereocenters. The molecule has 0 fully saturated rings. The van der Waals surface area contributed by atoms with E-state index in [4.69, 9.17) is 34.2 Å². The number of hydrogen-bond acceptors (Lipinski definition) is 3. The third-order valence-electron chi connectivity index (χ3n) is 5.04. The molecular weight excluding hydrogens is 462 g/mol. The van der Waals surface area contributed by atoms with Gasteiger partial charge in [-0.05, 0) is 52.5 Å². The molecule has 3 aromatic carbocycles. The minimum absolute atomic E-state index is 0.256. The van der Waals surface area contributed by atoms with E-state index in [9.17, 15) is 4.79 Å². The van der Waals surface area contributed by atoms with Gasteiger partial charge in [0.25, 0.3) is 0 Å². The second-order valence-electron chi connectivity index (χ2n) is 7.11. The van der Waals surface area contributed by atoms with Crippen LogP contribution in [0.15, 0.2) is 71.8 Å². The first-order valence-corrected chi connectivity index (χ1v) is 10.8. The van der Waals surface area contributed by atoms with Crippen LogP contribution < -0.4 is 5.84 Å². The summed E-state index contributed by atoms with van der Waals surface area (Å²) in [6.45, 7) is 1.97. The van der Waals surface area contributed by atoms with Crippen molar-refractivity contribution in [3.8, 4) is 0 Å². The lowest BCUT2D eigenvalue weighted by atomic mass is 9.87. The largest absolute Gasteiger partial charge is 0.478 e. The Kier molecular flexibility index (Phi) is 8.04. The third kappa shape index (κ3) is 5.69. The summed E-state index contributed by atoms with van der Waals surface area (Å²) in [5.74, 6) is 3.76. The van der Waals surface area contributed by atoms with E-state index in [1.54, 1.807) is 42.5 Å². The van der Waals surface area contributed by atoms with Crippen LogP contribution in [0.1, 0.15) is 41.2 Å². The van der Waals surface area contributed by atoms with Gasteiger partial charge < -0.3 is 10.9 Å². The van der Waals surface area contributed by atoms with Crippen molar-refractivity contribution in [1.82, 2.24) is 0 Å². The summed E-state index contributed by atoms with van der Waals surface area (Å²) in [5, 5.41) is 13.3. The molecule has 0 aliphatic heterocycles. The van der Waals surface area contributed by atoms with Gasteiger partial charge >= 0.3 is 5.97 Å². The second-order valence-corrected chi connectivity index (χ2v) is 7.96. The molecule has 0 aromatic heterocycles. The Bertz CT molecular complexity index is 1270. The van der Waals surface area contributed by atoms with Crippen LogP contribution in [0, 0.1) is 5.82 Å². The van der Waals surface area contributed by atoms with Crippen LogP contribution >= 0.6 is 23.2 Å². The zero-order valence-corrected chi connectivity index (χ0v) is 19.2. The van der Waals surface area contributed by atoms with Crippen LogP contribution in [0.4, 0.5) is 4.39 Å². The molecule has 4 nitrogen and oxygen atoms in total. The number of nitrogens with two attached hydrogens (primary N) is 1. The number of halogens is 3. The van der Waals surface area contributed by atoms with Gasteiger partial charge in [0.15, 0.2) is 0 Å². The monoisotopic (exact) mass is 482 g/mol. The molecular formula is C26H21Cl2FN2O2. The molecule has 0 aliphatic carbocycles. The highest BCUT2D eigenvalue weighted by Gasteiger charge is 2.19. The predicted molar refractivity (Wildman–Crippen MR) is 134 cm³/mol. The number of hydrogen-bond donors (Lipinski definition) is 2. The summed E-state index contributed by atoms with van der Waals surface area (Å²) in [7, 11) is 0. The SMILES string of the molecule is CC/C(=C(/c1ccc(/C=C/C(=O)O)cc1)c1cccc(/C=N\N)c1F)c1ccc(Cl)cc1Cl. The molecule has 0 aliphatic rings. The number of aliphatic carboxylic acids is 1. The van der Waals surface area contributed by atoms with Gasteiger partial charge in [-0.1, -0.05) is 78.7 Å². The number of benzene rings is 3. The van der Waals surface area contributed by atoms with Crippen molar-refractivity contribution < 1.29 is 14.3 Å². The van der Waals surface area contributed by atoms with E-state index in [1.807, 2.05) is 25.1 Å². The fraction of sp³-hybridized carbons (Fsp3) is 0.0769. The standard InChI is InChI=1S/C26H21Cl2FN2O2/c1-2-20(21-12-11-19(27)14-23(21)28)25(22-5-3-4-18(15-31-30)26(22)29)17-9-6-16(7-10-17)8-13-24(32)33/h3-15H,2,30H2,1H3,(H,32,33)/b13-8+,25-20+,31-15-. The lowest BCUT2D eigenvalue weighted by Gasteiger charge is -2.18.